The van der Waals surface area contributed by atoms with Crippen molar-refractivity contribution in [2.75, 3.05) is 25.2 Å². The van der Waals surface area contributed by atoms with E-state index in [0.29, 0.717) is 12.6 Å². The van der Waals surface area contributed by atoms with Gasteiger partial charge in [0, 0.05) is 30.9 Å². The lowest BCUT2D eigenvalue weighted by molar-refractivity contribution is 0.173. The Morgan fingerprint density at radius 1 is 1.21 bits per heavy atom. The summed E-state index contributed by atoms with van der Waals surface area (Å²) in [7, 11) is 1.72. The predicted octanol–water partition coefficient (Wildman–Crippen LogP) is 3.38. The summed E-state index contributed by atoms with van der Waals surface area (Å²) in [5.74, 6) is 0. The van der Waals surface area contributed by atoms with Crippen molar-refractivity contribution in [1.82, 2.24) is 0 Å². The topological polar surface area (TPSA) is 32.7 Å². The van der Waals surface area contributed by atoms with Gasteiger partial charge in [-0.2, -0.15) is 0 Å². The Hall–Kier alpha value is -1.06. The predicted molar refractivity (Wildman–Crippen MR) is 80.7 cm³/mol. The van der Waals surface area contributed by atoms with Crippen LogP contribution in [0, 0.1) is 0 Å². The number of benzene rings is 1. The molecule has 0 saturated heterocycles. The van der Waals surface area contributed by atoms with Crippen molar-refractivity contribution in [1.29, 1.82) is 0 Å². The van der Waals surface area contributed by atoms with Gasteiger partial charge in [0.25, 0.3) is 0 Å². The highest BCUT2D eigenvalue weighted by molar-refractivity contribution is 5.55. The zero-order chi connectivity index (χ0) is 14.3. The van der Waals surface area contributed by atoms with Crippen LogP contribution in [0.15, 0.2) is 24.3 Å². The maximum Gasteiger partial charge on any atom is 0.0807 e. The molecule has 3 nitrogen and oxygen atoms in total. The molecule has 0 aliphatic rings. The minimum atomic E-state index is -0.398. The summed E-state index contributed by atoms with van der Waals surface area (Å²) < 4.78 is 5.21. The van der Waals surface area contributed by atoms with Gasteiger partial charge < -0.3 is 14.7 Å². The van der Waals surface area contributed by atoms with E-state index < -0.39 is 6.10 Å². The maximum absolute atomic E-state index is 10.2. The van der Waals surface area contributed by atoms with Crippen molar-refractivity contribution in [3.8, 4) is 0 Å². The average molecular weight is 265 g/mol. The number of rotatable bonds is 8. The molecular formula is C16H27NO2. The third-order valence-corrected chi connectivity index (χ3v) is 3.65. The molecular weight excluding hydrogens is 238 g/mol. The van der Waals surface area contributed by atoms with Crippen molar-refractivity contribution < 1.29 is 9.84 Å². The average Bonchev–Trinajstić information content (AvgIpc) is 2.46. The van der Waals surface area contributed by atoms with Gasteiger partial charge in [0.1, 0.15) is 0 Å². The number of hydrogen-bond acceptors (Lipinski definition) is 3. The van der Waals surface area contributed by atoms with E-state index in [2.05, 4.69) is 24.8 Å². The van der Waals surface area contributed by atoms with E-state index in [9.17, 15) is 5.11 Å². The highest BCUT2D eigenvalue weighted by Crippen LogP contribution is 2.29. The molecule has 1 aromatic rings. The van der Waals surface area contributed by atoms with Crippen molar-refractivity contribution in [3.63, 3.8) is 0 Å². The number of ether oxygens (including phenoxy) is 1. The molecule has 1 rings (SSSR count). The van der Waals surface area contributed by atoms with E-state index in [4.69, 9.17) is 4.74 Å². The van der Waals surface area contributed by atoms with Crippen LogP contribution in [0.5, 0.6) is 0 Å². The molecule has 0 amide bonds. The third-order valence-electron chi connectivity index (χ3n) is 3.65. The Morgan fingerprint density at radius 2 is 1.89 bits per heavy atom. The number of anilines is 1. The van der Waals surface area contributed by atoms with Crippen LogP contribution < -0.4 is 4.90 Å². The molecule has 0 bridgehead atoms. The summed E-state index contributed by atoms with van der Waals surface area (Å²) in [6.45, 7) is 7.94. The van der Waals surface area contributed by atoms with Crippen molar-refractivity contribution in [2.45, 2.75) is 45.8 Å². The first kappa shape index (κ1) is 16.0. The van der Waals surface area contributed by atoms with E-state index in [0.717, 1.165) is 30.6 Å². The van der Waals surface area contributed by atoms with E-state index in [1.54, 1.807) is 7.11 Å². The molecule has 19 heavy (non-hydrogen) atoms. The molecule has 3 heteroatoms. The van der Waals surface area contributed by atoms with Crippen molar-refractivity contribution in [3.05, 3.63) is 29.8 Å². The summed E-state index contributed by atoms with van der Waals surface area (Å²) in [5, 5.41) is 10.2. The Kier molecular flexibility index (Phi) is 6.89. The lowest BCUT2D eigenvalue weighted by atomic mass is 10.0. The van der Waals surface area contributed by atoms with Crippen LogP contribution in [0.3, 0.4) is 0 Å². The van der Waals surface area contributed by atoms with Gasteiger partial charge in [-0.05, 0) is 25.8 Å². The largest absolute Gasteiger partial charge is 0.388 e. The first-order valence-electron chi connectivity index (χ1n) is 7.18. The molecule has 0 aromatic heterocycles. The van der Waals surface area contributed by atoms with E-state index in [-0.39, 0.29) is 0 Å². The number of para-hydroxylation sites is 1. The quantitative estimate of drug-likeness (QED) is 0.782. The number of nitrogens with zero attached hydrogens (tertiary/aromatic N) is 1. The van der Waals surface area contributed by atoms with E-state index >= 15 is 0 Å². The molecule has 0 fully saturated rings. The summed E-state index contributed by atoms with van der Waals surface area (Å²) in [5.41, 5.74) is 2.14. The first-order chi connectivity index (χ1) is 9.15. The summed E-state index contributed by atoms with van der Waals surface area (Å²) in [6, 6.07) is 8.56. The molecule has 0 saturated carbocycles. The fourth-order valence-electron chi connectivity index (χ4n) is 2.24. The summed E-state index contributed by atoms with van der Waals surface area (Å²) >= 11 is 0. The maximum atomic E-state index is 10.2. The van der Waals surface area contributed by atoms with Crippen molar-refractivity contribution >= 4 is 5.69 Å². The number of hydrogen-bond donors (Lipinski definition) is 1. The minimum Gasteiger partial charge on any atom is -0.388 e. The Morgan fingerprint density at radius 3 is 2.47 bits per heavy atom. The molecule has 2 unspecified atom stereocenters. The van der Waals surface area contributed by atoms with Crippen LogP contribution in [0.1, 0.15) is 45.3 Å². The van der Waals surface area contributed by atoms with Crippen molar-refractivity contribution in [2.24, 2.45) is 0 Å². The molecule has 0 radical (unpaired) electrons. The van der Waals surface area contributed by atoms with Gasteiger partial charge >= 0.3 is 0 Å². The monoisotopic (exact) mass is 265 g/mol. The van der Waals surface area contributed by atoms with Gasteiger partial charge in [-0.15, -0.1) is 0 Å². The number of aliphatic hydroxyl groups excluding tert-OH is 1. The Labute approximate surface area is 117 Å². The van der Waals surface area contributed by atoms with E-state index in [1.807, 2.05) is 25.1 Å². The van der Waals surface area contributed by atoms with Crippen LogP contribution in [-0.2, 0) is 4.74 Å². The normalized spacial score (nSPS) is 14.2. The molecule has 0 aliphatic carbocycles. The van der Waals surface area contributed by atoms with Gasteiger partial charge in [0.2, 0.25) is 0 Å². The summed E-state index contributed by atoms with van der Waals surface area (Å²) in [6.07, 6.45) is 1.40. The number of aliphatic hydroxyl groups is 1. The molecule has 0 heterocycles. The highest BCUT2D eigenvalue weighted by Gasteiger charge is 2.18. The standard InChI is InChI=1S/C16H27NO2/c1-5-13(3)17(11-12-19-4)15-10-8-7-9-14(15)16(18)6-2/h7-10,13,16,18H,5-6,11-12H2,1-4H3. The zero-order valence-electron chi connectivity index (χ0n) is 12.6. The highest BCUT2D eigenvalue weighted by atomic mass is 16.5. The van der Waals surface area contributed by atoms with Crippen LogP contribution in [0.25, 0.3) is 0 Å². The Bertz CT molecular complexity index is 368. The minimum absolute atomic E-state index is 0.398. The smallest absolute Gasteiger partial charge is 0.0807 e. The van der Waals surface area contributed by atoms with Gasteiger partial charge in [0.05, 0.1) is 12.7 Å². The molecule has 108 valence electrons. The second kappa shape index (κ2) is 8.18. The molecule has 0 aliphatic heterocycles. The second-order valence-corrected chi connectivity index (χ2v) is 4.93. The number of methoxy groups -OCH3 is 1. The van der Waals surface area contributed by atoms with Crippen LogP contribution in [-0.4, -0.2) is 31.4 Å². The Balaban J connectivity index is 3.06. The van der Waals surface area contributed by atoms with Gasteiger partial charge in [-0.25, -0.2) is 0 Å². The van der Waals surface area contributed by atoms with Crippen LogP contribution >= 0.6 is 0 Å². The van der Waals surface area contributed by atoms with E-state index in [1.165, 1.54) is 0 Å². The molecule has 1 aromatic carbocycles. The summed E-state index contributed by atoms with van der Waals surface area (Å²) in [4.78, 5) is 2.33. The van der Waals surface area contributed by atoms with Gasteiger partial charge in [0.15, 0.2) is 0 Å². The van der Waals surface area contributed by atoms with Crippen LogP contribution in [0.4, 0.5) is 5.69 Å². The molecule has 1 N–H and O–H groups in total. The zero-order valence-corrected chi connectivity index (χ0v) is 12.6. The lowest BCUT2D eigenvalue weighted by Gasteiger charge is -2.33. The second-order valence-electron chi connectivity index (χ2n) is 4.93. The lowest BCUT2D eigenvalue weighted by Crippen LogP contribution is -2.36. The fraction of sp³-hybridized carbons (Fsp3) is 0.625. The van der Waals surface area contributed by atoms with Gasteiger partial charge in [-0.1, -0.05) is 32.0 Å². The first-order valence-corrected chi connectivity index (χ1v) is 7.18. The fourth-order valence-corrected chi connectivity index (χ4v) is 2.24. The molecule has 2 atom stereocenters. The third kappa shape index (κ3) is 4.22. The SMILES string of the molecule is CCC(O)c1ccccc1N(CCOC)C(C)CC. The van der Waals surface area contributed by atoms with Crippen LogP contribution in [0.2, 0.25) is 0 Å². The van der Waals surface area contributed by atoms with Gasteiger partial charge in [-0.3, -0.25) is 0 Å². The molecule has 0 spiro atoms.